The van der Waals surface area contributed by atoms with Gasteiger partial charge in [-0.2, -0.15) is 4.31 Å². The lowest BCUT2D eigenvalue weighted by atomic mass is 10.1. The van der Waals surface area contributed by atoms with E-state index in [1.807, 2.05) is 30.3 Å². The Balaban J connectivity index is 1.41. The van der Waals surface area contributed by atoms with Crippen LogP contribution in [-0.4, -0.2) is 44.9 Å². The van der Waals surface area contributed by atoms with E-state index in [-0.39, 0.29) is 46.2 Å². The second-order valence-electron chi connectivity index (χ2n) is 8.59. The molecule has 10 heteroatoms. The second kappa shape index (κ2) is 10.3. The molecule has 3 aromatic rings. The summed E-state index contributed by atoms with van der Waals surface area (Å²) in [7, 11) is -3.65. The fraction of sp³-hybridized carbons (Fsp3) is 0.269. The van der Waals surface area contributed by atoms with Crippen LogP contribution in [0.3, 0.4) is 0 Å². The lowest BCUT2D eigenvalue weighted by molar-refractivity contribution is 0.0976. The van der Waals surface area contributed by atoms with Crippen molar-refractivity contribution in [1.82, 2.24) is 4.31 Å². The summed E-state index contributed by atoms with van der Waals surface area (Å²) < 4.78 is 39.2. The van der Waals surface area contributed by atoms with Crippen molar-refractivity contribution in [2.24, 2.45) is 0 Å². The van der Waals surface area contributed by atoms with Gasteiger partial charge >= 0.3 is 0 Å². The van der Waals surface area contributed by atoms with E-state index in [9.17, 15) is 13.2 Å². The Morgan fingerprint density at radius 3 is 2.33 bits per heavy atom. The van der Waals surface area contributed by atoms with Gasteiger partial charge in [0.05, 0.1) is 27.2 Å². The van der Waals surface area contributed by atoms with E-state index in [4.69, 9.17) is 32.7 Å². The third-order valence-corrected chi connectivity index (χ3v) is 8.67. The zero-order valence-electron chi connectivity index (χ0n) is 19.3. The highest BCUT2D eigenvalue weighted by Crippen LogP contribution is 2.38. The number of fused-ring (bicyclic) bond motifs is 1. The molecule has 1 fully saturated rings. The quantitative estimate of drug-likeness (QED) is 0.414. The molecule has 1 saturated heterocycles. The normalized spacial score (nSPS) is 15.9. The lowest BCUT2D eigenvalue weighted by Crippen LogP contribution is -2.38. The molecule has 3 aromatic carbocycles. The number of anilines is 1. The highest BCUT2D eigenvalue weighted by Gasteiger charge is 2.31. The van der Waals surface area contributed by atoms with Crippen LogP contribution >= 0.6 is 23.2 Å². The minimum atomic E-state index is -3.65. The average Bonchev–Trinajstić information content (AvgIpc) is 3.44. The summed E-state index contributed by atoms with van der Waals surface area (Å²) in [6.07, 6.45) is 1.68. The fourth-order valence-corrected chi connectivity index (χ4v) is 6.49. The number of hydrogen-bond acceptors (Lipinski definition) is 5. The van der Waals surface area contributed by atoms with Crippen LogP contribution in [0.2, 0.25) is 10.0 Å². The molecular weight excluding hydrogens is 523 g/mol. The van der Waals surface area contributed by atoms with E-state index in [1.54, 1.807) is 6.07 Å². The van der Waals surface area contributed by atoms with Gasteiger partial charge in [0, 0.05) is 18.7 Å². The molecule has 0 atom stereocenters. The Hall–Kier alpha value is -2.78. The van der Waals surface area contributed by atoms with Gasteiger partial charge in [0.15, 0.2) is 5.75 Å². The highest BCUT2D eigenvalue weighted by molar-refractivity contribution is 7.89. The minimum Gasteiger partial charge on any atom is -0.490 e. The molecule has 0 radical (unpaired) electrons. The van der Waals surface area contributed by atoms with Gasteiger partial charge in [-0.3, -0.25) is 4.79 Å². The highest BCUT2D eigenvalue weighted by atomic mass is 35.5. The van der Waals surface area contributed by atoms with Crippen molar-refractivity contribution in [1.29, 1.82) is 0 Å². The summed E-state index contributed by atoms with van der Waals surface area (Å²) in [5, 5.41) is 0.418. The number of halogens is 2. The predicted molar refractivity (Wildman–Crippen MR) is 139 cm³/mol. The number of amides is 1. The molecule has 7 nitrogen and oxygen atoms in total. The summed E-state index contributed by atoms with van der Waals surface area (Å²) in [6.45, 7) is 1.79. The minimum absolute atomic E-state index is 0.132. The summed E-state index contributed by atoms with van der Waals surface area (Å²) in [5.41, 5.74) is 1.61. The maximum absolute atomic E-state index is 13.5. The zero-order chi connectivity index (χ0) is 25.3. The summed E-state index contributed by atoms with van der Waals surface area (Å²) >= 11 is 12.9. The SMILES string of the molecule is O=C(c1cc(Cl)c(OCc2ccccc2)c(Cl)c1)N1CCOc2ccc(S(=O)(=O)N3CCCC3)cc21. The van der Waals surface area contributed by atoms with Crippen LogP contribution in [-0.2, 0) is 16.6 Å². The van der Waals surface area contributed by atoms with E-state index >= 15 is 0 Å². The largest absolute Gasteiger partial charge is 0.490 e. The Labute approximate surface area is 220 Å². The van der Waals surface area contributed by atoms with Gasteiger partial charge in [-0.05, 0) is 48.7 Å². The Morgan fingerprint density at radius 1 is 0.944 bits per heavy atom. The molecule has 0 aliphatic carbocycles. The third kappa shape index (κ3) is 4.91. The van der Waals surface area contributed by atoms with Gasteiger partial charge < -0.3 is 14.4 Å². The number of hydrogen-bond donors (Lipinski definition) is 0. The zero-order valence-corrected chi connectivity index (χ0v) is 21.7. The molecule has 0 N–H and O–H groups in total. The number of carbonyl (C=O) groups excluding carboxylic acids is 1. The standard InChI is InChI=1S/C26H24Cl2N2O5S/c27-21-14-19(15-22(28)25(21)35-17-18-6-2-1-3-7-18)26(31)30-12-13-34-24-9-8-20(16-23(24)30)36(32,33)29-10-4-5-11-29/h1-3,6-9,14-16H,4-5,10-13,17H2. The van der Waals surface area contributed by atoms with Crippen molar-refractivity contribution in [3.05, 3.63) is 81.8 Å². The van der Waals surface area contributed by atoms with Crippen LogP contribution in [0.1, 0.15) is 28.8 Å². The molecule has 0 bridgehead atoms. The van der Waals surface area contributed by atoms with Gasteiger partial charge in [-0.25, -0.2) is 8.42 Å². The van der Waals surface area contributed by atoms with E-state index in [0.29, 0.717) is 30.3 Å². The number of rotatable bonds is 6. The first kappa shape index (κ1) is 24.9. The number of carbonyl (C=O) groups is 1. The third-order valence-electron chi connectivity index (χ3n) is 6.21. The van der Waals surface area contributed by atoms with Crippen molar-refractivity contribution in [2.45, 2.75) is 24.3 Å². The number of ether oxygens (including phenoxy) is 2. The molecule has 188 valence electrons. The fourth-order valence-electron chi connectivity index (χ4n) is 4.35. The van der Waals surface area contributed by atoms with Gasteiger partial charge in [-0.15, -0.1) is 0 Å². The molecule has 36 heavy (non-hydrogen) atoms. The van der Waals surface area contributed by atoms with Crippen LogP contribution in [0.5, 0.6) is 11.5 Å². The van der Waals surface area contributed by atoms with Crippen molar-refractivity contribution in [3.63, 3.8) is 0 Å². The van der Waals surface area contributed by atoms with E-state index in [0.717, 1.165) is 18.4 Å². The van der Waals surface area contributed by atoms with Crippen LogP contribution in [0.4, 0.5) is 5.69 Å². The lowest BCUT2D eigenvalue weighted by Gasteiger charge is -2.30. The van der Waals surface area contributed by atoms with Gasteiger partial charge in [0.1, 0.15) is 19.0 Å². The van der Waals surface area contributed by atoms with E-state index in [1.165, 1.54) is 33.5 Å². The van der Waals surface area contributed by atoms with Crippen molar-refractivity contribution in [3.8, 4) is 11.5 Å². The number of sulfonamides is 1. The summed E-state index contributed by atoms with van der Waals surface area (Å²) in [6, 6.07) is 17.2. The van der Waals surface area contributed by atoms with Crippen molar-refractivity contribution in [2.75, 3.05) is 31.1 Å². The molecule has 0 spiro atoms. The Bertz CT molecular complexity index is 1370. The molecule has 2 aliphatic rings. The second-order valence-corrected chi connectivity index (χ2v) is 11.3. The molecule has 2 aliphatic heterocycles. The van der Waals surface area contributed by atoms with Crippen LogP contribution < -0.4 is 14.4 Å². The van der Waals surface area contributed by atoms with Gasteiger partial charge in [0.2, 0.25) is 10.0 Å². The van der Waals surface area contributed by atoms with Crippen LogP contribution in [0.25, 0.3) is 0 Å². The topological polar surface area (TPSA) is 76.1 Å². The van der Waals surface area contributed by atoms with Crippen LogP contribution in [0.15, 0.2) is 65.6 Å². The van der Waals surface area contributed by atoms with E-state index < -0.39 is 10.0 Å². The molecule has 0 aromatic heterocycles. The van der Waals surface area contributed by atoms with Gasteiger partial charge in [-0.1, -0.05) is 53.5 Å². The maximum atomic E-state index is 13.5. The summed E-state index contributed by atoms with van der Waals surface area (Å²) in [5.74, 6) is 0.365. The smallest absolute Gasteiger partial charge is 0.258 e. The monoisotopic (exact) mass is 546 g/mol. The first-order valence-electron chi connectivity index (χ1n) is 11.6. The first-order chi connectivity index (χ1) is 17.3. The predicted octanol–water partition coefficient (Wildman–Crippen LogP) is 5.40. The van der Waals surface area contributed by atoms with Gasteiger partial charge in [0.25, 0.3) is 5.91 Å². The molecular formula is C26H24Cl2N2O5S. The molecule has 5 rings (SSSR count). The molecule has 0 unspecified atom stereocenters. The van der Waals surface area contributed by atoms with Crippen LogP contribution in [0, 0.1) is 0 Å². The van der Waals surface area contributed by atoms with E-state index in [2.05, 4.69) is 0 Å². The number of benzene rings is 3. The van der Waals surface area contributed by atoms with Crippen molar-refractivity contribution >= 4 is 44.8 Å². The average molecular weight is 547 g/mol. The number of nitrogens with zero attached hydrogens (tertiary/aromatic N) is 2. The molecule has 2 heterocycles. The molecule has 1 amide bonds. The van der Waals surface area contributed by atoms with Crippen molar-refractivity contribution < 1.29 is 22.7 Å². The Morgan fingerprint density at radius 2 is 1.64 bits per heavy atom. The molecule has 0 saturated carbocycles. The Kier molecular flexibility index (Phi) is 7.12. The summed E-state index contributed by atoms with van der Waals surface area (Å²) in [4.78, 5) is 15.2. The first-order valence-corrected chi connectivity index (χ1v) is 13.8. The maximum Gasteiger partial charge on any atom is 0.258 e.